The molecule has 0 bridgehead atoms. The summed E-state index contributed by atoms with van der Waals surface area (Å²) in [5.41, 5.74) is 8.98. The van der Waals surface area contributed by atoms with Gasteiger partial charge >= 0.3 is 0 Å². The van der Waals surface area contributed by atoms with E-state index < -0.39 is 0 Å². The van der Waals surface area contributed by atoms with Gasteiger partial charge in [0.05, 0.1) is 43.5 Å². The Morgan fingerprint density at radius 3 is 1.92 bits per heavy atom. The summed E-state index contributed by atoms with van der Waals surface area (Å²) < 4.78 is 7.13. The van der Waals surface area contributed by atoms with Crippen molar-refractivity contribution in [3.8, 4) is 17.2 Å². The third-order valence-electron chi connectivity index (χ3n) is 11.4. The highest BCUT2D eigenvalue weighted by Gasteiger charge is 2.26. The van der Waals surface area contributed by atoms with Gasteiger partial charge in [0.1, 0.15) is 0 Å². The van der Waals surface area contributed by atoms with Crippen molar-refractivity contribution in [3.63, 3.8) is 0 Å². The first kappa shape index (κ1) is 27.8. The summed E-state index contributed by atoms with van der Waals surface area (Å²) in [6, 6.07) is 57.4. The number of hydrogen-bond donors (Lipinski definition) is 0. The van der Waals surface area contributed by atoms with Gasteiger partial charge in [-0.2, -0.15) is 0 Å². The number of aromatic nitrogens is 4. The van der Waals surface area contributed by atoms with Crippen LogP contribution >= 0.6 is 11.3 Å². The van der Waals surface area contributed by atoms with Crippen LogP contribution in [-0.2, 0) is 0 Å². The van der Waals surface area contributed by atoms with Crippen molar-refractivity contribution in [3.05, 3.63) is 158 Å². The molecule has 8 aromatic carbocycles. The SMILES string of the molecule is c1ccc2cc(-c3nc(-n4c5ccccc5c5c6c7ccccc7n7c8cc9ccccc9cc8c(cc54)c67)nc4c3sc3ccccc34)ccc2c1. The molecule has 4 nitrogen and oxygen atoms in total. The third-order valence-corrected chi connectivity index (χ3v) is 12.6. The van der Waals surface area contributed by atoms with Crippen LogP contribution in [0.25, 0.3) is 119 Å². The molecule has 0 saturated heterocycles. The smallest absolute Gasteiger partial charge is 0.235 e. The summed E-state index contributed by atoms with van der Waals surface area (Å²) in [7, 11) is 0. The Bertz CT molecular complexity index is 3700. The number of hydrogen-bond acceptors (Lipinski definition) is 3. The number of para-hydroxylation sites is 2. The van der Waals surface area contributed by atoms with Crippen LogP contribution in [0.1, 0.15) is 0 Å². The molecule has 0 radical (unpaired) electrons. The number of benzene rings is 8. The highest BCUT2D eigenvalue weighted by molar-refractivity contribution is 7.26. The Balaban J connectivity index is 1.23. The molecule has 5 aromatic heterocycles. The van der Waals surface area contributed by atoms with Gasteiger partial charge in [-0.1, -0.05) is 115 Å². The number of rotatable bonds is 2. The van der Waals surface area contributed by atoms with Crippen LogP contribution in [0, 0.1) is 0 Å². The first-order chi connectivity index (χ1) is 26.3. The van der Waals surface area contributed by atoms with E-state index in [1.54, 1.807) is 11.3 Å². The Morgan fingerprint density at radius 2 is 1.09 bits per heavy atom. The van der Waals surface area contributed by atoms with Crippen LogP contribution in [-0.4, -0.2) is 18.9 Å². The molecule has 0 N–H and O–H groups in total. The molecule has 0 fully saturated rings. The Kier molecular flexibility index (Phi) is 5.22. The average Bonchev–Trinajstić information content (AvgIpc) is 3.94. The topological polar surface area (TPSA) is 35.1 Å². The molecule has 0 aliphatic carbocycles. The van der Waals surface area contributed by atoms with Gasteiger partial charge in [0.25, 0.3) is 0 Å². The highest BCUT2D eigenvalue weighted by Crippen LogP contribution is 2.47. The summed E-state index contributed by atoms with van der Waals surface area (Å²) >= 11 is 1.78. The Hall–Kier alpha value is -6.82. The Morgan fingerprint density at radius 1 is 0.434 bits per heavy atom. The second kappa shape index (κ2) is 9.94. The van der Waals surface area contributed by atoms with Crippen LogP contribution < -0.4 is 0 Å². The van der Waals surface area contributed by atoms with Gasteiger partial charge in [-0.3, -0.25) is 4.57 Å². The van der Waals surface area contributed by atoms with Crippen molar-refractivity contribution < 1.29 is 0 Å². The molecule has 0 saturated carbocycles. The van der Waals surface area contributed by atoms with Crippen LogP contribution in [0.15, 0.2) is 158 Å². The minimum absolute atomic E-state index is 0.683. The highest BCUT2D eigenvalue weighted by atomic mass is 32.1. The van der Waals surface area contributed by atoms with Crippen molar-refractivity contribution in [1.82, 2.24) is 18.9 Å². The lowest BCUT2D eigenvalue weighted by atomic mass is 10.0. The predicted octanol–water partition coefficient (Wildman–Crippen LogP) is 13.1. The maximum atomic E-state index is 5.56. The largest absolute Gasteiger partial charge is 0.308 e. The molecule has 0 amide bonds. The van der Waals surface area contributed by atoms with Crippen LogP contribution in [0.2, 0.25) is 0 Å². The molecular formula is C48H26N4S. The molecule has 244 valence electrons. The fourth-order valence-corrected chi connectivity index (χ4v) is 10.3. The predicted molar refractivity (Wildman–Crippen MR) is 224 cm³/mol. The average molecular weight is 691 g/mol. The number of nitrogens with zero attached hydrogens (tertiary/aromatic N) is 4. The van der Waals surface area contributed by atoms with Crippen molar-refractivity contribution in [1.29, 1.82) is 0 Å². The lowest BCUT2D eigenvalue weighted by molar-refractivity contribution is 1.02. The van der Waals surface area contributed by atoms with Gasteiger partial charge in [0, 0.05) is 48.0 Å². The summed E-state index contributed by atoms with van der Waals surface area (Å²) in [4.78, 5) is 11.1. The molecule has 5 heteroatoms. The van der Waals surface area contributed by atoms with Gasteiger partial charge in [-0.25, -0.2) is 9.97 Å². The van der Waals surface area contributed by atoms with Crippen molar-refractivity contribution in [2.24, 2.45) is 0 Å². The molecular weight excluding hydrogens is 665 g/mol. The minimum Gasteiger partial charge on any atom is -0.308 e. The summed E-state index contributed by atoms with van der Waals surface area (Å²) in [5.74, 6) is 0.683. The second-order valence-corrected chi connectivity index (χ2v) is 15.2. The summed E-state index contributed by atoms with van der Waals surface area (Å²) in [6.45, 7) is 0. The fourth-order valence-electron chi connectivity index (χ4n) is 9.12. The molecule has 0 spiro atoms. The zero-order chi connectivity index (χ0) is 34.4. The lowest BCUT2D eigenvalue weighted by Gasteiger charge is -2.11. The van der Waals surface area contributed by atoms with Gasteiger partial charge in [0.15, 0.2) is 0 Å². The standard InChI is InChI=1S/C48H26N4S/c1-2-12-28-23-31(22-21-27(28)11-1)44-47-45(34-17-7-10-20-41(34)53-47)50-48(49-44)52-38-19-9-5-15-32(38)42-40(52)26-36-35-24-29-13-3-4-14-30(29)25-39(35)51-37-18-8-6-16-33(37)43(42)46(36)51/h1-26H. The van der Waals surface area contributed by atoms with E-state index in [9.17, 15) is 0 Å². The van der Waals surface area contributed by atoms with E-state index in [1.807, 2.05) is 0 Å². The van der Waals surface area contributed by atoms with E-state index in [4.69, 9.17) is 9.97 Å². The minimum atomic E-state index is 0.683. The quantitative estimate of drug-likeness (QED) is 0.181. The molecule has 0 unspecified atom stereocenters. The molecule has 0 aliphatic rings. The van der Waals surface area contributed by atoms with E-state index >= 15 is 0 Å². The van der Waals surface area contributed by atoms with Gasteiger partial charge < -0.3 is 4.40 Å². The van der Waals surface area contributed by atoms with E-state index in [1.165, 1.54) is 75.1 Å². The monoisotopic (exact) mass is 690 g/mol. The normalized spacial score (nSPS) is 12.5. The molecule has 53 heavy (non-hydrogen) atoms. The van der Waals surface area contributed by atoms with Crippen molar-refractivity contribution in [2.45, 2.75) is 0 Å². The zero-order valence-corrected chi connectivity index (χ0v) is 29.0. The van der Waals surface area contributed by atoms with Crippen LogP contribution in [0.3, 0.4) is 0 Å². The first-order valence-corrected chi connectivity index (χ1v) is 18.8. The van der Waals surface area contributed by atoms with E-state index in [-0.39, 0.29) is 0 Å². The number of fused-ring (bicyclic) bond motifs is 15. The molecule has 0 aliphatic heterocycles. The van der Waals surface area contributed by atoms with Crippen LogP contribution in [0.5, 0.6) is 0 Å². The fraction of sp³-hybridized carbons (Fsp3) is 0. The summed E-state index contributed by atoms with van der Waals surface area (Å²) in [5, 5.41) is 13.5. The summed E-state index contributed by atoms with van der Waals surface area (Å²) in [6.07, 6.45) is 0. The Labute approximate surface area is 305 Å². The maximum absolute atomic E-state index is 5.56. The van der Waals surface area contributed by atoms with E-state index in [2.05, 4.69) is 167 Å². The van der Waals surface area contributed by atoms with Gasteiger partial charge in [0.2, 0.25) is 5.95 Å². The van der Waals surface area contributed by atoms with Gasteiger partial charge in [-0.15, -0.1) is 11.3 Å². The van der Waals surface area contributed by atoms with E-state index in [0.717, 1.165) is 37.9 Å². The van der Waals surface area contributed by atoms with Crippen molar-refractivity contribution in [2.75, 3.05) is 0 Å². The molecule has 13 rings (SSSR count). The maximum Gasteiger partial charge on any atom is 0.235 e. The lowest BCUT2D eigenvalue weighted by Crippen LogP contribution is -2.02. The number of thiophene rings is 1. The third kappa shape index (κ3) is 3.59. The van der Waals surface area contributed by atoms with Crippen LogP contribution in [0.4, 0.5) is 0 Å². The van der Waals surface area contributed by atoms with Crippen molar-refractivity contribution >= 4 is 113 Å². The van der Waals surface area contributed by atoms with E-state index in [0.29, 0.717) is 5.95 Å². The molecule has 0 atom stereocenters. The first-order valence-electron chi connectivity index (χ1n) is 18.0. The second-order valence-electron chi connectivity index (χ2n) is 14.2. The van der Waals surface area contributed by atoms with Gasteiger partial charge in [-0.05, 0) is 64.0 Å². The zero-order valence-electron chi connectivity index (χ0n) is 28.2. The molecule has 5 heterocycles. The molecule has 13 aromatic rings.